The van der Waals surface area contributed by atoms with Gasteiger partial charge in [0.2, 0.25) is 0 Å². The Morgan fingerprint density at radius 3 is 2.32 bits per heavy atom. The van der Waals surface area contributed by atoms with E-state index in [0.717, 1.165) is 12.0 Å². The second-order valence-electron chi connectivity index (χ2n) is 5.79. The van der Waals surface area contributed by atoms with Crippen LogP contribution < -0.4 is 0 Å². The Balaban J connectivity index is 2.30. The van der Waals surface area contributed by atoms with E-state index in [-0.39, 0.29) is 12.2 Å². The Hall–Kier alpha value is -1.50. The molecule has 0 saturated carbocycles. The third-order valence-corrected chi connectivity index (χ3v) is 5.03. The van der Waals surface area contributed by atoms with Crippen LogP contribution in [0.1, 0.15) is 38.7 Å². The molecule has 1 aromatic carbocycles. The summed E-state index contributed by atoms with van der Waals surface area (Å²) in [4.78, 5) is 0. The Labute approximate surface area is 127 Å². The fraction of sp³-hybridized carbons (Fsp3) is 0.467. The van der Waals surface area contributed by atoms with Gasteiger partial charge in [-0.15, -0.1) is 0 Å². The van der Waals surface area contributed by atoms with Crippen LogP contribution in [0.2, 0.25) is 0 Å². The first-order valence-corrected chi connectivity index (χ1v) is 8.21. The van der Waals surface area contributed by atoms with Gasteiger partial charge in [0.15, 0.2) is 0 Å². The maximum Gasteiger partial charge on any atom is 0.534 e. The lowest BCUT2D eigenvalue weighted by molar-refractivity contribution is -0.0526. The summed E-state index contributed by atoms with van der Waals surface area (Å²) in [5.41, 5.74) is -4.37. The minimum absolute atomic E-state index is 0.102. The standard InChI is InChI=1S/C15H17F3O3S/c1-11-8-9-14(2,12-6-4-3-5-7-12)10-13(11)21-22(19,20)15(16,17)18/h3-7H,8-10H2,1-2H3. The number of allylic oxidation sites excluding steroid dienone is 2. The molecule has 1 aliphatic carbocycles. The van der Waals surface area contributed by atoms with Crippen molar-refractivity contribution in [2.75, 3.05) is 0 Å². The van der Waals surface area contributed by atoms with Crippen molar-refractivity contribution in [2.24, 2.45) is 0 Å². The number of alkyl halides is 3. The van der Waals surface area contributed by atoms with Crippen molar-refractivity contribution in [2.45, 2.75) is 44.0 Å². The van der Waals surface area contributed by atoms with E-state index >= 15 is 0 Å². The van der Waals surface area contributed by atoms with E-state index in [1.165, 1.54) is 0 Å². The summed E-state index contributed by atoms with van der Waals surface area (Å²) in [6.45, 7) is 3.50. The molecule has 0 heterocycles. The summed E-state index contributed by atoms with van der Waals surface area (Å²) in [5, 5.41) is 0. The fourth-order valence-electron chi connectivity index (χ4n) is 2.56. The van der Waals surface area contributed by atoms with Crippen molar-refractivity contribution in [3.63, 3.8) is 0 Å². The molecule has 0 fully saturated rings. The number of hydrogen-bond donors (Lipinski definition) is 0. The first kappa shape index (κ1) is 16.9. The van der Waals surface area contributed by atoms with Gasteiger partial charge in [0.25, 0.3) is 0 Å². The van der Waals surface area contributed by atoms with Crippen molar-refractivity contribution in [3.05, 3.63) is 47.2 Å². The molecular weight excluding hydrogens is 317 g/mol. The smallest absolute Gasteiger partial charge is 0.381 e. The molecule has 0 radical (unpaired) electrons. The minimum Gasteiger partial charge on any atom is -0.381 e. The van der Waals surface area contributed by atoms with Gasteiger partial charge in [0.05, 0.1) is 0 Å². The van der Waals surface area contributed by atoms with Gasteiger partial charge in [-0.1, -0.05) is 37.3 Å². The van der Waals surface area contributed by atoms with E-state index in [1.807, 2.05) is 37.3 Å². The number of benzene rings is 1. The zero-order chi connectivity index (χ0) is 16.6. The van der Waals surface area contributed by atoms with Gasteiger partial charge in [0.1, 0.15) is 5.76 Å². The van der Waals surface area contributed by atoms with Gasteiger partial charge in [-0.2, -0.15) is 21.6 Å². The van der Waals surface area contributed by atoms with Gasteiger partial charge < -0.3 is 4.18 Å². The van der Waals surface area contributed by atoms with Crippen LogP contribution in [0.4, 0.5) is 13.2 Å². The SMILES string of the molecule is CC1=C(OS(=O)(=O)C(F)(F)F)CC(C)(c2ccccc2)CC1. The lowest BCUT2D eigenvalue weighted by Gasteiger charge is -2.35. The molecule has 0 spiro atoms. The summed E-state index contributed by atoms with van der Waals surface area (Å²) in [6.07, 6.45) is 1.34. The molecule has 122 valence electrons. The number of halogens is 3. The van der Waals surface area contributed by atoms with Crippen LogP contribution in [-0.2, 0) is 19.7 Å². The van der Waals surface area contributed by atoms with Gasteiger partial charge in [-0.05, 0) is 36.3 Å². The Kier molecular flexibility index (Phi) is 4.30. The van der Waals surface area contributed by atoms with Gasteiger partial charge in [0, 0.05) is 6.42 Å². The van der Waals surface area contributed by atoms with E-state index in [2.05, 4.69) is 4.18 Å². The highest BCUT2D eigenvalue weighted by Gasteiger charge is 2.49. The van der Waals surface area contributed by atoms with Crippen LogP contribution in [0, 0.1) is 0 Å². The summed E-state index contributed by atoms with van der Waals surface area (Å²) >= 11 is 0. The first-order chi connectivity index (χ1) is 10.1. The molecular formula is C15H17F3O3S. The minimum atomic E-state index is -5.62. The van der Waals surface area contributed by atoms with Crippen molar-refractivity contribution in [1.29, 1.82) is 0 Å². The highest BCUT2D eigenvalue weighted by atomic mass is 32.2. The molecule has 2 rings (SSSR count). The molecule has 0 aliphatic heterocycles. The highest BCUT2D eigenvalue weighted by Crippen LogP contribution is 2.43. The topological polar surface area (TPSA) is 43.4 Å². The molecule has 1 atom stereocenters. The zero-order valence-corrected chi connectivity index (χ0v) is 13.1. The molecule has 0 aromatic heterocycles. The van der Waals surface area contributed by atoms with E-state index in [9.17, 15) is 21.6 Å². The molecule has 0 bridgehead atoms. The predicted molar refractivity (Wildman–Crippen MR) is 76.4 cm³/mol. The lowest BCUT2D eigenvalue weighted by atomic mass is 9.71. The summed E-state index contributed by atoms with van der Waals surface area (Å²) in [6, 6.07) is 9.31. The third-order valence-electron chi connectivity index (χ3n) is 4.04. The van der Waals surface area contributed by atoms with Crippen LogP contribution >= 0.6 is 0 Å². The second-order valence-corrected chi connectivity index (χ2v) is 7.33. The average molecular weight is 334 g/mol. The lowest BCUT2D eigenvalue weighted by Crippen LogP contribution is -2.31. The molecule has 0 saturated heterocycles. The third kappa shape index (κ3) is 3.29. The second kappa shape index (κ2) is 5.61. The average Bonchev–Trinajstić information content (AvgIpc) is 2.42. The number of hydrogen-bond acceptors (Lipinski definition) is 3. The van der Waals surface area contributed by atoms with Crippen LogP contribution in [0.3, 0.4) is 0 Å². The van der Waals surface area contributed by atoms with Gasteiger partial charge in [-0.25, -0.2) is 0 Å². The monoisotopic (exact) mass is 334 g/mol. The molecule has 3 nitrogen and oxygen atoms in total. The molecule has 0 N–H and O–H groups in total. The normalized spacial score (nSPS) is 23.5. The molecule has 1 aliphatic rings. The first-order valence-electron chi connectivity index (χ1n) is 6.80. The molecule has 1 unspecified atom stereocenters. The molecule has 1 aromatic rings. The van der Waals surface area contributed by atoms with E-state index in [0.29, 0.717) is 12.0 Å². The maximum absolute atomic E-state index is 12.5. The van der Waals surface area contributed by atoms with E-state index in [4.69, 9.17) is 0 Å². The van der Waals surface area contributed by atoms with Crippen molar-refractivity contribution < 1.29 is 25.8 Å². The van der Waals surface area contributed by atoms with Crippen molar-refractivity contribution >= 4 is 10.1 Å². The molecule has 7 heteroatoms. The summed E-state index contributed by atoms with van der Waals surface area (Å²) in [7, 11) is -5.62. The summed E-state index contributed by atoms with van der Waals surface area (Å²) in [5.74, 6) is -0.102. The van der Waals surface area contributed by atoms with Crippen LogP contribution in [0.15, 0.2) is 41.7 Å². The zero-order valence-electron chi connectivity index (χ0n) is 12.3. The largest absolute Gasteiger partial charge is 0.534 e. The maximum atomic E-state index is 12.5. The molecule has 0 amide bonds. The van der Waals surface area contributed by atoms with Crippen LogP contribution in [0.25, 0.3) is 0 Å². The number of rotatable bonds is 3. The van der Waals surface area contributed by atoms with Crippen molar-refractivity contribution in [1.82, 2.24) is 0 Å². The Morgan fingerprint density at radius 2 is 1.77 bits per heavy atom. The van der Waals surface area contributed by atoms with E-state index < -0.39 is 21.0 Å². The Bertz CT molecular complexity index is 678. The van der Waals surface area contributed by atoms with Crippen LogP contribution in [-0.4, -0.2) is 13.9 Å². The Morgan fingerprint density at radius 1 is 1.18 bits per heavy atom. The van der Waals surface area contributed by atoms with Gasteiger partial charge >= 0.3 is 15.6 Å². The fourth-order valence-corrected chi connectivity index (χ4v) is 3.12. The summed E-state index contributed by atoms with van der Waals surface area (Å²) < 4.78 is 64.3. The van der Waals surface area contributed by atoms with Gasteiger partial charge in [-0.3, -0.25) is 0 Å². The highest BCUT2D eigenvalue weighted by molar-refractivity contribution is 7.87. The predicted octanol–water partition coefficient (Wildman–Crippen LogP) is 4.27. The van der Waals surface area contributed by atoms with Crippen LogP contribution in [0.5, 0.6) is 0 Å². The van der Waals surface area contributed by atoms with Crippen molar-refractivity contribution in [3.8, 4) is 0 Å². The quantitative estimate of drug-likeness (QED) is 0.612. The van der Waals surface area contributed by atoms with E-state index in [1.54, 1.807) is 6.92 Å². The molecule has 22 heavy (non-hydrogen) atoms.